The van der Waals surface area contributed by atoms with Crippen molar-refractivity contribution in [2.24, 2.45) is 0 Å². The van der Waals surface area contributed by atoms with Crippen molar-refractivity contribution in [1.82, 2.24) is 0 Å². The van der Waals surface area contributed by atoms with Crippen LogP contribution in [-0.4, -0.2) is 37.2 Å². The molecule has 432 valence electrons. The number of allylic oxidation sites excluding steroid dienone is 20. The molecule has 0 amide bonds. The van der Waals surface area contributed by atoms with Crippen LogP contribution in [0.4, 0.5) is 0 Å². The molecular weight excluding hydrogens is 937 g/mol. The average molecular weight is 1050 g/mol. The lowest BCUT2D eigenvalue weighted by atomic mass is 10.0. The lowest BCUT2D eigenvalue weighted by Gasteiger charge is -2.18. The smallest absolute Gasteiger partial charge is 0.306 e. The summed E-state index contributed by atoms with van der Waals surface area (Å²) in [5.74, 6) is -0.944. The summed E-state index contributed by atoms with van der Waals surface area (Å²) in [6.45, 7) is 6.39. The van der Waals surface area contributed by atoms with Crippen LogP contribution in [0.5, 0.6) is 0 Å². The van der Waals surface area contributed by atoms with Crippen molar-refractivity contribution in [1.29, 1.82) is 0 Å². The van der Waals surface area contributed by atoms with Gasteiger partial charge < -0.3 is 14.2 Å². The summed E-state index contributed by atoms with van der Waals surface area (Å²) in [7, 11) is 0. The van der Waals surface area contributed by atoms with Crippen molar-refractivity contribution in [2.45, 2.75) is 290 Å². The van der Waals surface area contributed by atoms with E-state index in [1.54, 1.807) is 0 Å². The molecule has 1 atom stereocenters. The Hall–Kier alpha value is -4.19. The Morgan fingerprint density at radius 2 is 0.513 bits per heavy atom. The molecule has 6 nitrogen and oxygen atoms in total. The number of esters is 3. The third-order valence-electron chi connectivity index (χ3n) is 13.2. The first-order valence-electron chi connectivity index (χ1n) is 31.5. The predicted molar refractivity (Wildman–Crippen MR) is 330 cm³/mol. The zero-order valence-corrected chi connectivity index (χ0v) is 49.5. The second kappa shape index (κ2) is 63.3. The molecule has 0 aliphatic rings. The third-order valence-corrected chi connectivity index (χ3v) is 13.2. The van der Waals surface area contributed by atoms with Gasteiger partial charge in [0.15, 0.2) is 6.10 Å². The van der Waals surface area contributed by atoms with Crippen LogP contribution in [0.15, 0.2) is 122 Å². The predicted octanol–water partition coefficient (Wildman–Crippen LogP) is 21.6. The summed E-state index contributed by atoms with van der Waals surface area (Å²) in [5.41, 5.74) is 0. The molecule has 6 heteroatoms. The lowest BCUT2D eigenvalue weighted by Crippen LogP contribution is -2.30. The Morgan fingerprint density at radius 1 is 0.276 bits per heavy atom. The first-order chi connectivity index (χ1) is 37.5. The Labute approximate surface area is 469 Å². The highest BCUT2D eigenvalue weighted by atomic mass is 16.6. The van der Waals surface area contributed by atoms with Gasteiger partial charge in [-0.3, -0.25) is 14.4 Å². The second-order valence-electron chi connectivity index (χ2n) is 20.6. The van der Waals surface area contributed by atoms with Crippen molar-refractivity contribution in [3.8, 4) is 0 Å². The Kier molecular flexibility index (Phi) is 59.9. The van der Waals surface area contributed by atoms with Crippen LogP contribution in [0.1, 0.15) is 284 Å². The molecule has 0 bridgehead atoms. The highest BCUT2D eigenvalue weighted by Crippen LogP contribution is 2.16. The summed E-state index contributed by atoms with van der Waals surface area (Å²) in [5, 5.41) is 0. The number of ether oxygens (including phenoxy) is 3. The fourth-order valence-corrected chi connectivity index (χ4v) is 8.56. The Morgan fingerprint density at radius 3 is 0.816 bits per heavy atom. The molecule has 0 fully saturated rings. The van der Waals surface area contributed by atoms with Gasteiger partial charge in [-0.05, 0) is 109 Å². The van der Waals surface area contributed by atoms with E-state index in [0.717, 1.165) is 148 Å². The topological polar surface area (TPSA) is 78.9 Å². The standard InChI is InChI=1S/C70H116O6/c1-4-7-10-13-16-19-22-25-28-31-34-35-37-39-42-45-48-51-54-57-60-63-69(72)75-66-67(65-74-68(71)62-59-56-53-50-47-44-41-38-33-30-27-24-21-18-15-12-9-6-3)76-70(73)64-61-58-55-52-49-46-43-40-36-32-29-26-23-20-17-14-11-8-5-2/h7-8,10-11,16-17,19-20,25-26,28-29,34-36,39-40,42,46,49,67H,4-6,9,12-15,18,21-24,27,30-33,37-38,41,43-45,47-48,50-66H2,1-3H3/b10-7-,11-8-,19-16-,20-17-,28-25-,29-26-,35-34-,40-36-,42-39-,49-46-. The Bertz CT molecular complexity index is 1590. The normalized spacial score (nSPS) is 12.9. The van der Waals surface area contributed by atoms with E-state index in [4.69, 9.17) is 14.2 Å². The summed E-state index contributed by atoms with van der Waals surface area (Å²) < 4.78 is 16.9. The van der Waals surface area contributed by atoms with Crippen molar-refractivity contribution in [3.05, 3.63) is 122 Å². The summed E-state index contributed by atoms with van der Waals surface area (Å²) >= 11 is 0. The molecule has 0 rings (SSSR count). The van der Waals surface area contributed by atoms with Crippen LogP contribution in [0.2, 0.25) is 0 Å². The molecule has 0 aliphatic carbocycles. The van der Waals surface area contributed by atoms with Crippen LogP contribution in [-0.2, 0) is 28.6 Å². The summed E-state index contributed by atoms with van der Waals surface area (Å²) in [6, 6.07) is 0. The number of carbonyl (C=O) groups is 3. The van der Waals surface area contributed by atoms with E-state index >= 15 is 0 Å². The van der Waals surface area contributed by atoms with Crippen LogP contribution in [0, 0.1) is 0 Å². The van der Waals surface area contributed by atoms with E-state index in [1.165, 1.54) is 96.3 Å². The van der Waals surface area contributed by atoms with E-state index in [1.807, 2.05) is 0 Å². The van der Waals surface area contributed by atoms with Crippen molar-refractivity contribution in [3.63, 3.8) is 0 Å². The number of unbranched alkanes of at least 4 members (excludes halogenated alkanes) is 25. The molecule has 0 aromatic carbocycles. The van der Waals surface area contributed by atoms with E-state index in [0.29, 0.717) is 12.8 Å². The van der Waals surface area contributed by atoms with E-state index < -0.39 is 6.10 Å². The van der Waals surface area contributed by atoms with Crippen molar-refractivity contribution < 1.29 is 28.6 Å². The maximum Gasteiger partial charge on any atom is 0.306 e. The SMILES string of the molecule is CC/C=C\C/C=C\C/C=C\C/C=C\C/C=C\CCCCCCCC(=O)OCC(COC(=O)CCCCCCCCCCCCCCCCCCCC)OC(=O)CCCCC/C=C\C/C=C\C/C=C\C/C=C\C/C=C\CC. The summed E-state index contributed by atoms with van der Waals surface area (Å²) in [6.07, 6.45) is 87.7. The molecule has 0 heterocycles. The van der Waals surface area contributed by atoms with Crippen LogP contribution in [0.25, 0.3) is 0 Å². The van der Waals surface area contributed by atoms with Gasteiger partial charge in [0.25, 0.3) is 0 Å². The van der Waals surface area contributed by atoms with Gasteiger partial charge in [-0.2, -0.15) is 0 Å². The molecule has 0 N–H and O–H groups in total. The van der Waals surface area contributed by atoms with Crippen LogP contribution >= 0.6 is 0 Å². The Balaban J connectivity index is 4.49. The van der Waals surface area contributed by atoms with Gasteiger partial charge in [-0.1, -0.05) is 277 Å². The zero-order chi connectivity index (χ0) is 55.0. The van der Waals surface area contributed by atoms with Crippen molar-refractivity contribution >= 4 is 17.9 Å². The van der Waals surface area contributed by atoms with Crippen molar-refractivity contribution in [2.75, 3.05) is 13.2 Å². The van der Waals surface area contributed by atoms with Gasteiger partial charge in [0.2, 0.25) is 0 Å². The van der Waals surface area contributed by atoms with Gasteiger partial charge in [0.1, 0.15) is 13.2 Å². The fraction of sp³-hybridized carbons (Fsp3) is 0.671. The van der Waals surface area contributed by atoms with Gasteiger partial charge in [-0.15, -0.1) is 0 Å². The van der Waals surface area contributed by atoms with Gasteiger partial charge in [0, 0.05) is 19.3 Å². The second-order valence-corrected chi connectivity index (χ2v) is 20.6. The van der Waals surface area contributed by atoms with Crippen LogP contribution < -0.4 is 0 Å². The number of rotatable bonds is 56. The van der Waals surface area contributed by atoms with Gasteiger partial charge >= 0.3 is 17.9 Å². The maximum absolute atomic E-state index is 12.9. The minimum atomic E-state index is -0.807. The van der Waals surface area contributed by atoms with Gasteiger partial charge in [-0.25, -0.2) is 0 Å². The van der Waals surface area contributed by atoms with E-state index in [9.17, 15) is 14.4 Å². The van der Waals surface area contributed by atoms with Gasteiger partial charge in [0.05, 0.1) is 0 Å². The van der Waals surface area contributed by atoms with Crippen LogP contribution in [0.3, 0.4) is 0 Å². The fourth-order valence-electron chi connectivity index (χ4n) is 8.56. The highest BCUT2D eigenvalue weighted by molar-refractivity contribution is 5.71. The summed E-state index contributed by atoms with van der Waals surface area (Å²) in [4.78, 5) is 38.3. The average Bonchev–Trinajstić information content (AvgIpc) is 3.42. The van der Waals surface area contributed by atoms with E-state index in [-0.39, 0.29) is 37.5 Å². The molecule has 1 unspecified atom stereocenters. The number of hydrogen-bond acceptors (Lipinski definition) is 6. The molecular formula is C70H116O6. The number of hydrogen-bond donors (Lipinski definition) is 0. The molecule has 0 aromatic heterocycles. The first-order valence-corrected chi connectivity index (χ1v) is 31.5. The molecule has 0 saturated heterocycles. The molecule has 0 spiro atoms. The molecule has 0 radical (unpaired) electrons. The molecule has 0 aromatic rings. The molecule has 76 heavy (non-hydrogen) atoms. The minimum absolute atomic E-state index is 0.0984. The zero-order valence-electron chi connectivity index (χ0n) is 49.5. The monoisotopic (exact) mass is 1050 g/mol. The molecule has 0 saturated carbocycles. The molecule has 0 aliphatic heterocycles. The third kappa shape index (κ3) is 60.7. The van der Waals surface area contributed by atoms with E-state index in [2.05, 4.69) is 142 Å². The largest absolute Gasteiger partial charge is 0.462 e. The first kappa shape index (κ1) is 71.8. The maximum atomic E-state index is 12.9. The number of carbonyl (C=O) groups excluding carboxylic acids is 3. The minimum Gasteiger partial charge on any atom is -0.462 e. The quantitative estimate of drug-likeness (QED) is 0.0261. The lowest BCUT2D eigenvalue weighted by molar-refractivity contribution is -0.167. The highest BCUT2D eigenvalue weighted by Gasteiger charge is 2.19.